The quantitative estimate of drug-likeness (QED) is 0.362. The maximum atomic E-state index is 13.8. The molecule has 0 atom stereocenters. The molecule has 4 amide bonds. The number of aryl methyl sites for hydroxylation is 1. The predicted molar refractivity (Wildman–Crippen MR) is 127 cm³/mol. The molecule has 0 saturated carbocycles. The molecule has 0 aliphatic carbocycles. The highest BCUT2D eigenvalue weighted by Crippen LogP contribution is 2.30. The summed E-state index contributed by atoms with van der Waals surface area (Å²) < 4.78 is 19.4. The Morgan fingerprint density at radius 2 is 1.79 bits per heavy atom. The number of hydrogen-bond acceptors (Lipinski definition) is 4. The second kappa shape index (κ2) is 9.67. The molecule has 1 N–H and O–H groups in total. The third kappa shape index (κ3) is 4.81. The number of amides is 4. The van der Waals surface area contributed by atoms with Gasteiger partial charge in [-0.1, -0.05) is 53.5 Å². The van der Waals surface area contributed by atoms with Crippen LogP contribution in [0.25, 0.3) is 6.08 Å². The molecule has 0 bridgehead atoms. The minimum atomic E-state index is -0.868. The summed E-state index contributed by atoms with van der Waals surface area (Å²) in [6, 6.07) is 14.7. The zero-order valence-electron chi connectivity index (χ0n) is 17.8. The van der Waals surface area contributed by atoms with E-state index in [-0.39, 0.29) is 22.9 Å². The van der Waals surface area contributed by atoms with Gasteiger partial charge in [0.25, 0.3) is 11.8 Å². The summed E-state index contributed by atoms with van der Waals surface area (Å²) in [4.78, 5) is 38.8. The van der Waals surface area contributed by atoms with Crippen LogP contribution >= 0.6 is 23.2 Å². The predicted octanol–water partition coefficient (Wildman–Crippen LogP) is 5.69. The van der Waals surface area contributed by atoms with Crippen molar-refractivity contribution in [3.8, 4) is 5.75 Å². The number of barbiturate groups is 1. The van der Waals surface area contributed by atoms with Gasteiger partial charge in [0, 0.05) is 10.6 Å². The first-order valence-electron chi connectivity index (χ1n) is 10.1. The molecule has 1 saturated heterocycles. The van der Waals surface area contributed by atoms with Gasteiger partial charge >= 0.3 is 6.03 Å². The number of rotatable bonds is 5. The molecular weight excluding hydrogens is 482 g/mol. The minimum absolute atomic E-state index is 0.0240. The van der Waals surface area contributed by atoms with E-state index in [4.69, 9.17) is 27.9 Å². The van der Waals surface area contributed by atoms with Crippen molar-refractivity contribution < 1.29 is 23.5 Å². The number of nitrogens with zero attached hydrogens (tertiary/aromatic N) is 1. The molecule has 1 aliphatic rings. The Labute approximate surface area is 204 Å². The van der Waals surface area contributed by atoms with Crippen molar-refractivity contribution in [3.05, 3.63) is 98.8 Å². The van der Waals surface area contributed by atoms with Crippen molar-refractivity contribution in [1.29, 1.82) is 0 Å². The number of imide groups is 2. The van der Waals surface area contributed by atoms with E-state index in [2.05, 4.69) is 5.32 Å². The Kier molecular flexibility index (Phi) is 6.68. The van der Waals surface area contributed by atoms with E-state index in [1.807, 2.05) is 0 Å². The maximum absolute atomic E-state index is 13.8. The van der Waals surface area contributed by atoms with Crippen LogP contribution in [0.2, 0.25) is 10.0 Å². The highest BCUT2D eigenvalue weighted by Gasteiger charge is 2.37. The van der Waals surface area contributed by atoms with Crippen LogP contribution in [0, 0.1) is 12.7 Å². The summed E-state index contributed by atoms with van der Waals surface area (Å²) in [5, 5.41) is 2.70. The van der Waals surface area contributed by atoms with Gasteiger partial charge in [-0.2, -0.15) is 0 Å². The van der Waals surface area contributed by atoms with Crippen molar-refractivity contribution in [2.45, 2.75) is 13.5 Å². The Morgan fingerprint density at radius 1 is 1.03 bits per heavy atom. The summed E-state index contributed by atoms with van der Waals surface area (Å²) in [6.07, 6.45) is 1.32. The van der Waals surface area contributed by atoms with Gasteiger partial charge in [-0.3, -0.25) is 14.9 Å². The topological polar surface area (TPSA) is 75.7 Å². The van der Waals surface area contributed by atoms with Crippen molar-refractivity contribution in [3.63, 3.8) is 0 Å². The van der Waals surface area contributed by atoms with Crippen LogP contribution in [0.4, 0.5) is 14.9 Å². The van der Waals surface area contributed by atoms with Crippen molar-refractivity contribution in [1.82, 2.24) is 5.32 Å². The first kappa shape index (κ1) is 23.5. The number of carbonyl (C=O) groups is 3. The van der Waals surface area contributed by atoms with Crippen LogP contribution in [0.15, 0.2) is 66.2 Å². The standard InChI is InChI=1S/C25H17Cl2FN2O4/c1-14-6-8-17(26)12-21(14)30-24(32)18(23(31)29-25(30)33)10-15-7-9-22(19(27)11-15)34-13-16-4-2-3-5-20(16)28/h2-12H,13H2,1H3,(H,29,31,33)/b18-10+. The summed E-state index contributed by atoms with van der Waals surface area (Å²) >= 11 is 12.3. The van der Waals surface area contributed by atoms with Gasteiger partial charge in [-0.25, -0.2) is 14.1 Å². The van der Waals surface area contributed by atoms with E-state index in [1.54, 1.807) is 49.4 Å². The zero-order valence-corrected chi connectivity index (χ0v) is 19.3. The van der Waals surface area contributed by atoms with Gasteiger partial charge in [0.05, 0.1) is 10.7 Å². The molecule has 6 nitrogen and oxygen atoms in total. The molecule has 1 aliphatic heterocycles. The van der Waals surface area contributed by atoms with E-state index >= 15 is 0 Å². The summed E-state index contributed by atoms with van der Waals surface area (Å²) in [5.74, 6) is -1.72. The van der Waals surface area contributed by atoms with Crippen molar-refractivity contribution in [2.75, 3.05) is 4.90 Å². The number of carbonyl (C=O) groups excluding carboxylic acids is 3. The third-order valence-corrected chi connectivity index (χ3v) is 5.65. The monoisotopic (exact) mass is 498 g/mol. The lowest BCUT2D eigenvalue weighted by Crippen LogP contribution is -2.54. The molecule has 4 rings (SSSR count). The Morgan fingerprint density at radius 3 is 2.53 bits per heavy atom. The molecule has 3 aromatic carbocycles. The van der Waals surface area contributed by atoms with E-state index in [9.17, 15) is 18.8 Å². The lowest BCUT2D eigenvalue weighted by Gasteiger charge is -2.27. The minimum Gasteiger partial charge on any atom is -0.487 e. The smallest absolute Gasteiger partial charge is 0.335 e. The fourth-order valence-corrected chi connectivity index (χ4v) is 3.77. The van der Waals surface area contributed by atoms with Gasteiger partial charge in [-0.15, -0.1) is 0 Å². The van der Waals surface area contributed by atoms with E-state index in [1.165, 1.54) is 24.3 Å². The highest BCUT2D eigenvalue weighted by molar-refractivity contribution is 6.40. The van der Waals surface area contributed by atoms with Gasteiger partial charge in [0.15, 0.2) is 0 Å². The molecule has 3 aromatic rings. The first-order chi connectivity index (χ1) is 16.2. The number of anilines is 1. The molecule has 0 unspecified atom stereocenters. The van der Waals surface area contributed by atoms with Crippen LogP contribution in [0.5, 0.6) is 5.75 Å². The second-order valence-electron chi connectivity index (χ2n) is 7.46. The number of nitrogens with one attached hydrogen (secondary N) is 1. The fraction of sp³-hybridized carbons (Fsp3) is 0.0800. The molecule has 0 aromatic heterocycles. The first-order valence-corrected chi connectivity index (χ1v) is 10.8. The molecule has 172 valence electrons. The number of urea groups is 1. The molecule has 34 heavy (non-hydrogen) atoms. The van der Waals surface area contributed by atoms with Gasteiger partial charge in [0.1, 0.15) is 23.7 Å². The molecule has 1 fully saturated rings. The fourth-order valence-electron chi connectivity index (χ4n) is 3.36. The van der Waals surface area contributed by atoms with Crippen LogP contribution < -0.4 is 15.0 Å². The average Bonchev–Trinajstić information content (AvgIpc) is 2.79. The second-order valence-corrected chi connectivity index (χ2v) is 8.30. The summed E-state index contributed by atoms with van der Waals surface area (Å²) in [6.45, 7) is 1.69. The Balaban J connectivity index is 1.60. The molecule has 1 heterocycles. The maximum Gasteiger partial charge on any atom is 0.335 e. The lowest BCUT2D eigenvalue weighted by molar-refractivity contribution is -0.122. The molecular formula is C25H17Cl2FN2O4. The largest absolute Gasteiger partial charge is 0.487 e. The molecule has 0 radical (unpaired) electrons. The summed E-state index contributed by atoms with van der Waals surface area (Å²) in [7, 11) is 0. The summed E-state index contributed by atoms with van der Waals surface area (Å²) in [5.41, 5.74) is 1.44. The number of benzene rings is 3. The molecule has 0 spiro atoms. The van der Waals surface area contributed by atoms with E-state index < -0.39 is 23.7 Å². The van der Waals surface area contributed by atoms with Crippen LogP contribution in [0.1, 0.15) is 16.7 Å². The van der Waals surface area contributed by atoms with E-state index in [0.717, 1.165) is 4.90 Å². The molecule has 9 heteroatoms. The Bertz CT molecular complexity index is 1360. The number of halogens is 3. The third-order valence-electron chi connectivity index (χ3n) is 5.12. The van der Waals surface area contributed by atoms with Crippen molar-refractivity contribution >= 4 is 52.8 Å². The van der Waals surface area contributed by atoms with Gasteiger partial charge in [-0.05, 0) is 54.5 Å². The number of ether oxygens (including phenoxy) is 1. The van der Waals surface area contributed by atoms with Crippen molar-refractivity contribution in [2.24, 2.45) is 0 Å². The number of hydrogen-bond donors (Lipinski definition) is 1. The zero-order chi connectivity index (χ0) is 24.4. The normalized spacial score (nSPS) is 15.0. The SMILES string of the molecule is Cc1ccc(Cl)cc1N1C(=O)NC(=O)/C(=C\c2ccc(OCc3ccccc3F)c(Cl)c2)C1=O. The average molecular weight is 499 g/mol. The van der Waals surface area contributed by atoms with Crippen LogP contribution in [-0.2, 0) is 16.2 Å². The highest BCUT2D eigenvalue weighted by atomic mass is 35.5. The van der Waals surface area contributed by atoms with Crippen LogP contribution in [0.3, 0.4) is 0 Å². The van der Waals surface area contributed by atoms with Gasteiger partial charge in [0.2, 0.25) is 0 Å². The van der Waals surface area contributed by atoms with Crippen LogP contribution in [-0.4, -0.2) is 17.8 Å². The van der Waals surface area contributed by atoms with E-state index in [0.29, 0.717) is 27.5 Å². The Hall–Kier alpha value is -3.68. The lowest BCUT2D eigenvalue weighted by atomic mass is 10.1. The van der Waals surface area contributed by atoms with Gasteiger partial charge < -0.3 is 4.74 Å².